The average molecular weight is 300 g/mol. The molecule has 7 nitrogen and oxygen atoms in total. The van der Waals surface area contributed by atoms with E-state index in [1.807, 2.05) is 5.32 Å². The molecule has 1 rings (SSSR count). The van der Waals surface area contributed by atoms with E-state index in [1.54, 1.807) is 19.9 Å². The van der Waals surface area contributed by atoms with Crippen LogP contribution in [-0.2, 0) is 9.53 Å². The Bertz CT molecular complexity index is 551. The summed E-state index contributed by atoms with van der Waals surface area (Å²) in [6.45, 7) is 4.71. The predicted octanol–water partition coefficient (Wildman–Crippen LogP) is 1.09. The molecule has 0 bridgehead atoms. The first-order valence-corrected chi connectivity index (χ1v) is 6.05. The summed E-state index contributed by atoms with van der Waals surface area (Å²) in [7, 11) is 0. The van der Waals surface area contributed by atoms with E-state index < -0.39 is 24.0 Å². The van der Waals surface area contributed by atoms with Gasteiger partial charge >= 0.3 is 12.0 Å². The Morgan fingerprint density at radius 2 is 2.00 bits per heavy atom. The molecule has 8 heteroatoms. The number of nitrogens with two attached hydrogens (primary N) is 1. The van der Waals surface area contributed by atoms with Crippen LogP contribution in [0, 0.1) is 13.8 Å². The van der Waals surface area contributed by atoms with Crippen molar-refractivity contribution in [3.05, 3.63) is 28.0 Å². The molecule has 0 radical (unpaired) electrons. The van der Waals surface area contributed by atoms with Gasteiger partial charge in [0.15, 0.2) is 6.10 Å². The van der Waals surface area contributed by atoms with Gasteiger partial charge in [-0.3, -0.25) is 10.1 Å². The lowest BCUT2D eigenvalue weighted by atomic mass is 10.1. The smallest absolute Gasteiger partial charge is 0.342 e. The number of carbonyl (C=O) groups excluding carboxylic acids is 3. The number of halogens is 1. The molecule has 20 heavy (non-hydrogen) atoms. The lowest BCUT2D eigenvalue weighted by Crippen LogP contribution is -2.42. The summed E-state index contributed by atoms with van der Waals surface area (Å²) >= 11 is 5.89. The number of imide groups is 1. The maximum atomic E-state index is 12.0. The highest BCUT2D eigenvalue weighted by Gasteiger charge is 2.23. The van der Waals surface area contributed by atoms with Crippen LogP contribution >= 0.6 is 11.6 Å². The molecule has 0 spiro atoms. The minimum Gasteiger partial charge on any atom is -0.449 e. The monoisotopic (exact) mass is 299 g/mol. The first-order chi connectivity index (χ1) is 9.22. The van der Waals surface area contributed by atoms with Crippen molar-refractivity contribution >= 4 is 29.5 Å². The topological polar surface area (TPSA) is 111 Å². The predicted molar refractivity (Wildman–Crippen MR) is 71.3 cm³/mol. The molecular weight excluding hydrogens is 286 g/mol. The van der Waals surface area contributed by atoms with Gasteiger partial charge in [-0.2, -0.15) is 0 Å². The van der Waals surface area contributed by atoms with Crippen molar-refractivity contribution in [3.63, 3.8) is 0 Å². The number of hydrogen-bond donors (Lipinski definition) is 2. The first-order valence-electron chi connectivity index (χ1n) is 5.67. The fourth-order valence-electron chi connectivity index (χ4n) is 1.53. The number of pyridine rings is 1. The SMILES string of the molecule is Cc1cc(C)c(C(=O)O[C@@H](C)C(=O)NC(N)=O)c(Cl)n1. The number of nitrogens with zero attached hydrogens (tertiary/aromatic N) is 1. The third-order valence-corrected chi connectivity index (χ3v) is 2.68. The lowest BCUT2D eigenvalue weighted by molar-refractivity contribution is -0.127. The van der Waals surface area contributed by atoms with Crippen molar-refractivity contribution in [3.8, 4) is 0 Å². The van der Waals surface area contributed by atoms with Gasteiger partial charge in [-0.25, -0.2) is 14.6 Å². The maximum Gasteiger partial charge on any atom is 0.342 e. The number of primary amides is 1. The Hall–Kier alpha value is -2.15. The van der Waals surface area contributed by atoms with E-state index in [-0.39, 0.29) is 10.7 Å². The summed E-state index contributed by atoms with van der Waals surface area (Å²) in [4.78, 5) is 37.8. The molecule has 1 atom stereocenters. The molecule has 1 aromatic rings. The van der Waals surface area contributed by atoms with E-state index in [4.69, 9.17) is 22.1 Å². The molecule has 1 aromatic heterocycles. The zero-order chi connectivity index (χ0) is 15.4. The van der Waals surface area contributed by atoms with E-state index in [9.17, 15) is 14.4 Å². The molecule has 0 aliphatic rings. The van der Waals surface area contributed by atoms with Crippen LogP contribution in [0.2, 0.25) is 5.15 Å². The quantitative estimate of drug-likeness (QED) is 0.641. The standard InChI is InChI=1S/C12H14ClN3O4/c1-5-4-6(2)15-9(13)8(5)11(18)20-7(3)10(17)16-12(14)19/h4,7H,1-3H3,(H3,14,16,17,19)/t7-/m0/s1. The molecule has 0 fully saturated rings. The Balaban J connectivity index is 2.87. The molecule has 3 N–H and O–H groups in total. The van der Waals surface area contributed by atoms with Crippen molar-refractivity contribution in [2.45, 2.75) is 26.9 Å². The number of hydrogen-bond acceptors (Lipinski definition) is 5. The van der Waals surface area contributed by atoms with Gasteiger partial charge in [0.2, 0.25) is 0 Å². The number of ether oxygens (including phenoxy) is 1. The van der Waals surface area contributed by atoms with E-state index in [2.05, 4.69) is 4.98 Å². The molecular formula is C12H14ClN3O4. The number of rotatable bonds is 3. The zero-order valence-corrected chi connectivity index (χ0v) is 11.9. The summed E-state index contributed by atoms with van der Waals surface area (Å²) in [5.41, 5.74) is 6.11. The first kappa shape index (κ1) is 15.9. The van der Waals surface area contributed by atoms with Crippen LogP contribution in [0.4, 0.5) is 4.79 Å². The van der Waals surface area contributed by atoms with Crippen LogP contribution in [0.5, 0.6) is 0 Å². The van der Waals surface area contributed by atoms with Crippen LogP contribution < -0.4 is 11.1 Å². The Morgan fingerprint density at radius 1 is 1.40 bits per heavy atom. The number of amides is 3. The van der Waals surface area contributed by atoms with Gasteiger partial charge in [0.25, 0.3) is 5.91 Å². The number of esters is 1. The van der Waals surface area contributed by atoms with Crippen molar-refractivity contribution in [2.75, 3.05) is 0 Å². The lowest BCUT2D eigenvalue weighted by Gasteiger charge is -2.14. The summed E-state index contributed by atoms with van der Waals surface area (Å²) in [6, 6.07) is 0.639. The second kappa shape index (κ2) is 6.33. The van der Waals surface area contributed by atoms with E-state index in [1.165, 1.54) is 6.92 Å². The van der Waals surface area contributed by atoms with E-state index >= 15 is 0 Å². The molecule has 0 aromatic carbocycles. The van der Waals surface area contributed by atoms with Gasteiger partial charge in [-0.05, 0) is 32.4 Å². The van der Waals surface area contributed by atoms with Crippen molar-refractivity contribution < 1.29 is 19.1 Å². The zero-order valence-electron chi connectivity index (χ0n) is 11.2. The number of nitrogens with one attached hydrogen (secondary N) is 1. The molecule has 0 saturated carbocycles. The second-order valence-corrected chi connectivity index (χ2v) is 4.51. The molecule has 3 amide bonds. The molecule has 1 heterocycles. The van der Waals surface area contributed by atoms with E-state index in [0.29, 0.717) is 11.3 Å². The van der Waals surface area contributed by atoms with Gasteiger partial charge in [-0.1, -0.05) is 11.6 Å². The molecule has 0 aliphatic heterocycles. The number of urea groups is 1. The Kier molecular flexibility index (Phi) is 5.04. The number of aryl methyl sites for hydroxylation is 2. The molecule has 108 valence electrons. The van der Waals surface area contributed by atoms with Gasteiger partial charge in [0, 0.05) is 5.69 Å². The normalized spacial score (nSPS) is 11.6. The highest BCUT2D eigenvalue weighted by molar-refractivity contribution is 6.32. The molecule has 0 unspecified atom stereocenters. The number of aromatic nitrogens is 1. The molecule has 0 saturated heterocycles. The highest BCUT2D eigenvalue weighted by atomic mass is 35.5. The van der Waals surface area contributed by atoms with Crippen LogP contribution in [0.25, 0.3) is 0 Å². The van der Waals surface area contributed by atoms with Crippen molar-refractivity contribution in [1.29, 1.82) is 0 Å². The Labute approximate surface area is 120 Å². The fourth-order valence-corrected chi connectivity index (χ4v) is 1.89. The minimum atomic E-state index is -1.19. The molecule has 0 aliphatic carbocycles. The third kappa shape index (κ3) is 3.92. The van der Waals surface area contributed by atoms with Crippen LogP contribution in [-0.4, -0.2) is 29.0 Å². The maximum absolute atomic E-state index is 12.0. The van der Waals surface area contributed by atoms with Crippen molar-refractivity contribution in [2.24, 2.45) is 5.73 Å². The minimum absolute atomic E-state index is 0.00462. The third-order valence-electron chi connectivity index (χ3n) is 2.40. The largest absolute Gasteiger partial charge is 0.449 e. The van der Waals surface area contributed by atoms with Gasteiger partial charge in [0.1, 0.15) is 5.15 Å². The van der Waals surface area contributed by atoms with Gasteiger partial charge < -0.3 is 10.5 Å². The average Bonchev–Trinajstić information content (AvgIpc) is 2.25. The van der Waals surface area contributed by atoms with Gasteiger partial charge in [0.05, 0.1) is 5.56 Å². The highest BCUT2D eigenvalue weighted by Crippen LogP contribution is 2.20. The van der Waals surface area contributed by atoms with E-state index in [0.717, 1.165) is 0 Å². The summed E-state index contributed by atoms with van der Waals surface area (Å²) in [5, 5.41) is 1.81. The summed E-state index contributed by atoms with van der Waals surface area (Å²) < 4.78 is 4.92. The van der Waals surface area contributed by atoms with Crippen LogP contribution in [0.15, 0.2) is 6.07 Å². The second-order valence-electron chi connectivity index (χ2n) is 4.15. The van der Waals surface area contributed by atoms with Crippen LogP contribution in [0.3, 0.4) is 0 Å². The fraction of sp³-hybridized carbons (Fsp3) is 0.333. The van der Waals surface area contributed by atoms with Gasteiger partial charge in [-0.15, -0.1) is 0 Å². The summed E-state index contributed by atoms with van der Waals surface area (Å²) in [5.74, 6) is -1.62. The van der Waals surface area contributed by atoms with Crippen molar-refractivity contribution in [1.82, 2.24) is 10.3 Å². The Morgan fingerprint density at radius 3 is 2.50 bits per heavy atom. The number of carbonyl (C=O) groups is 3. The van der Waals surface area contributed by atoms with Crippen LogP contribution in [0.1, 0.15) is 28.5 Å². The summed E-state index contributed by atoms with van der Waals surface area (Å²) in [6.07, 6.45) is -1.19.